The Bertz CT molecular complexity index is 375. The summed E-state index contributed by atoms with van der Waals surface area (Å²) in [6, 6.07) is 3.35. The first-order valence-electron chi connectivity index (χ1n) is 5.10. The average molecular weight is 290 g/mol. The van der Waals surface area contributed by atoms with Crippen LogP contribution in [-0.4, -0.2) is 17.6 Å². The van der Waals surface area contributed by atoms with Gasteiger partial charge < -0.3 is 9.52 Å². The van der Waals surface area contributed by atoms with Crippen LogP contribution in [0.4, 0.5) is 0 Å². The highest BCUT2D eigenvalue weighted by Gasteiger charge is 2.38. The van der Waals surface area contributed by atoms with E-state index in [1.807, 2.05) is 13.8 Å². The van der Waals surface area contributed by atoms with E-state index < -0.39 is 11.5 Å². The van der Waals surface area contributed by atoms with Gasteiger partial charge in [0, 0.05) is 0 Å². The molecule has 16 heavy (non-hydrogen) atoms. The van der Waals surface area contributed by atoms with Crippen molar-refractivity contribution in [3.05, 3.63) is 22.6 Å². The smallest absolute Gasteiger partial charge is 0.331 e. The molecule has 0 aliphatic rings. The van der Waals surface area contributed by atoms with Gasteiger partial charge in [-0.3, -0.25) is 5.32 Å². The van der Waals surface area contributed by atoms with E-state index in [9.17, 15) is 9.90 Å². The van der Waals surface area contributed by atoms with Crippen LogP contribution >= 0.6 is 15.9 Å². The van der Waals surface area contributed by atoms with Crippen molar-refractivity contribution in [2.45, 2.75) is 26.3 Å². The van der Waals surface area contributed by atoms with Gasteiger partial charge in [0.15, 0.2) is 10.2 Å². The van der Waals surface area contributed by atoms with Crippen LogP contribution in [0.3, 0.4) is 0 Å². The van der Waals surface area contributed by atoms with Crippen LogP contribution < -0.4 is 5.32 Å². The SMILES string of the molecule is CC(C)CNC(C)(C(=O)O)c1ccc(Br)o1. The van der Waals surface area contributed by atoms with Gasteiger partial charge in [-0.2, -0.15) is 0 Å². The number of carbonyl (C=O) groups is 1. The summed E-state index contributed by atoms with van der Waals surface area (Å²) in [4.78, 5) is 11.3. The summed E-state index contributed by atoms with van der Waals surface area (Å²) in [5.74, 6) is -0.181. The van der Waals surface area contributed by atoms with Crippen molar-refractivity contribution in [2.75, 3.05) is 6.54 Å². The molecule has 0 aromatic carbocycles. The topological polar surface area (TPSA) is 62.5 Å². The van der Waals surface area contributed by atoms with Gasteiger partial charge in [0.25, 0.3) is 0 Å². The lowest BCUT2D eigenvalue weighted by Gasteiger charge is -2.25. The van der Waals surface area contributed by atoms with Crippen molar-refractivity contribution >= 4 is 21.9 Å². The minimum absolute atomic E-state index is 0.372. The third-order valence-corrected chi connectivity index (χ3v) is 2.78. The molecular formula is C11H16BrNO3. The Kier molecular flexibility index (Phi) is 4.15. The Balaban J connectivity index is 2.92. The van der Waals surface area contributed by atoms with Crippen LogP contribution in [0.2, 0.25) is 0 Å². The first-order valence-corrected chi connectivity index (χ1v) is 5.90. The van der Waals surface area contributed by atoms with Gasteiger partial charge >= 0.3 is 5.97 Å². The fourth-order valence-electron chi connectivity index (χ4n) is 1.26. The van der Waals surface area contributed by atoms with Gasteiger partial charge in [-0.15, -0.1) is 0 Å². The molecule has 1 rings (SSSR count). The molecule has 0 amide bonds. The van der Waals surface area contributed by atoms with E-state index in [0.717, 1.165) is 0 Å². The third kappa shape index (κ3) is 2.86. The third-order valence-electron chi connectivity index (χ3n) is 2.36. The average Bonchev–Trinajstić information content (AvgIpc) is 2.61. The lowest BCUT2D eigenvalue weighted by atomic mass is 9.98. The number of furan rings is 1. The zero-order valence-corrected chi connectivity index (χ0v) is 11.2. The number of carboxylic acids is 1. The first kappa shape index (κ1) is 13.3. The van der Waals surface area contributed by atoms with Crippen LogP contribution in [0, 0.1) is 5.92 Å². The molecule has 1 unspecified atom stereocenters. The van der Waals surface area contributed by atoms with Gasteiger partial charge in [-0.05, 0) is 47.4 Å². The second-order valence-corrected chi connectivity index (χ2v) is 5.09. The molecule has 2 N–H and O–H groups in total. The summed E-state index contributed by atoms with van der Waals surface area (Å²) < 4.78 is 5.84. The summed E-state index contributed by atoms with van der Waals surface area (Å²) in [6.45, 7) is 6.25. The molecule has 5 heteroatoms. The van der Waals surface area contributed by atoms with Gasteiger partial charge in [-0.1, -0.05) is 13.8 Å². The molecule has 1 aromatic rings. The molecule has 4 nitrogen and oxygen atoms in total. The molecule has 0 aliphatic heterocycles. The number of carboxylic acid groups (broad SMARTS) is 1. The second-order valence-electron chi connectivity index (χ2n) is 4.31. The molecule has 0 bridgehead atoms. The van der Waals surface area contributed by atoms with E-state index in [0.29, 0.717) is 22.9 Å². The lowest BCUT2D eigenvalue weighted by molar-refractivity contribution is -0.145. The minimum atomic E-state index is -1.18. The van der Waals surface area contributed by atoms with E-state index in [1.165, 1.54) is 0 Å². The molecule has 0 saturated heterocycles. The molecule has 90 valence electrons. The summed E-state index contributed by atoms with van der Waals surface area (Å²) in [5, 5.41) is 12.3. The summed E-state index contributed by atoms with van der Waals surface area (Å²) in [5.41, 5.74) is -1.18. The zero-order chi connectivity index (χ0) is 12.3. The van der Waals surface area contributed by atoms with Crippen LogP contribution in [0.15, 0.2) is 21.2 Å². The Morgan fingerprint density at radius 3 is 2.62 bits per heavy atom. The standard InChI is InChI=1S/C11H16BrNO3/c1-7(2)6-13-11(3,10(14)15)8-4-5-9(12)16-8/h4-5,7,13H,6H2,1-3H3,(H,14,15). The molecule has 0 fully saturated rings. The number of hydrogen-bond acceptors (Lipinski definition) is 3. The molecule has 0 spiro atoms. The van der Waals surface area contributed by atoms with Gasteiger partial charge in [-0.25, -0.2) is 4.79 Å². The van der Waals surface area contributed by atoms with E-state index in [1.54, 1.807) is 19.1 Å². The van der Waals surface area contributed by atoms with E-state index in [2.05, 4.69) is 21.2 Å². The zero-order valence-electron chi connectivity index (χ0n) is 9.58. The van der Waals surface area contributed by atoms with Crippen LogP contribution in [-0.2, 0) is 10.3 Å². The number of hydrogen-bond donors (Lipinski definition) is 2. The second kappa shape index (κ2) is 5.01. The summed E-state index contributed by atoms with van der Waals surface area (Å²) in [6.07, 6.45) is 0. The highest BCUT2D eigenvalue weighted by molar-refractivity contribution is 9.10. The predicted molar refractivity (Wildman–Crippen MR) is 64.2 cm³/mol. The van der Waals surface area contributed by atoms with Crippen molar-refractivity contribution in [1.29, 1.82) is 0 Å². The summed E-state index contributed by atoms with van der Waals surface area (Å²) in [7, 11) is 0. The molecule has 1 heterocycles. The van der Waals surface area contributed by atoms with Crippen molar-refractivity contribution in [2.24, 2.45) is 5.92 Å². The van der Waals surface area contributed by atoms with Gasteiger partial charge in [0.05, 0.1) is 0 Å². The van der Waals surface area contributed by atoms with Crippen molar-refractivity contribution in [3.8, 4) is 0 Å². The van der Waals surface area contributed by atoms with Crippen molar-refractivity contribution in [1.82, 2.24) is 5.32 Å². The quantitative estimate of drug-likeness (QED) is 0.875. The van der Waals surface area contributed by atoms with E-state index >= 15 is 0 Å². The fourth-order valence-corrected chi connectivity index (χ4v) is 1.57. The molecule has 1 aromatic heterocycles. The molecule has 0 radical (unpaired) electrons. The first-order chi connectivity index (χ1) is 7.36. The molecule has 0 saturated carbocycles. The Morgan fingerprint density at radius 1 is 1.62 bits per heavy atom. The van der Waals surface area contributed by atoms with E-state index in [-0.39, 0.29) is 0 Å². The maximum atomic E-state index is 11.3. The Morgan fingerprint density at radius 2 is 2.25 bits per heavy atom. The fraction of sp³-hybridized carbons (Fsp3) is 0.545. The summed E-state index contributed by atoms with van der Waals surface area (Å²) >= 11 is 3.17. The van der Waals surface area contributed by atoms with Gasteiger partial charge in [0.1, 0.15) is 5.76 Å². The van der Waals surface area contributed by atoms with Crippen LogP contribution in [0.25, 0.3) is 0 Å². The number of rotatable bonds is 5. The van der Waals surface area contributed by atoms with Crippen molar-refractivity contribution in [3.63, 3.8) is 0 Å². The Labute approximate surface area is 103 Å². The number of aliphatic carboxylic acids is 1. The normalized spacial score (nSPS) is 15.1. The highest BCUT2D eigenvalue weighted by atomic mass is 79.9. The molecule has 1 atom stereocenters. The maximum absolute atomic E-state index is 11.3. The minimum Gasteiger partial charge on any atom is -0.480 e. The van der Waals surface area contributed by atoms with Crippen LogP contribution in [0.1, 0.15) is 26.5 Å². The maximum Gasteiger partial charge on any atom is 0.331 e. The molecule has 0 aliphatic carbocycles. The van der Waals surface area contributed by atoms with Crippen LogP contribution in [0.5, 0.6) is 0 Å². The van der Waals surface area contributed by atoms with Crippen molar-refractivity contribution < 1.29 is 14.3 Å². The van der Waals surface area contributed by atoms with E-state index in [4.69, 9.17) is 4.42 Å². The monoisotopic (exact) mass is 289 g/mol. The lowest BCUT2D eigenvalue weighted by Crippen LogP contribution is -2.47. The van der Waals surface area contributed by atoms with Gasteiger partial charge in [0.2, 0.25) is 0 Å². The predicted octanol–water partition coefficient (Wildman–Crippen LogP) is 2.59. The highest BCUT2D eigenvalue weighted by Crippen LogP contribution is 2.26. The largest absolute Gasteiger partial charge is 0.480 e. The molecular weight excluding hydrogens is 274 g/mol. The number of nitrogens with one attached hydrogen (secondary N) is 1. The Hall–Kier alpha value is -0.810. The number of halogens is 1.